The highest BCUT2D eigenvalue weighted by Crippen LogP contribution is 2.12. The molecule has 1 radical (unpaired) electrons. The van der Waals surface area contributed by atoms with Crippen molar-refractivity contribution < 1.29 is 0 Å². The second-order valence-electron chi connectivity index (χ2n) is 1.62. The first-order valence-electron chi connectivity index (χ1n) is 2.70. The van der Waals surface area contributed by atoms with Crippen molar-refractivity contribution in [3.8, 4) is 0 Å². The largest absolute Gasteiger partial charge is 0.401 e. The molecule has 0 aromatic heterocycles. The Kier molecular flexibility index (Phi) is 5.02. The van der Waals surface area contributed by atoms with Gasteiger partial charge in [0.1, 0.15) is 0 Å². The highest BCUT2D eigenvalue weighted by molar-refractivity contribution is 6.30. The van der Waals surface area contributed by atoms with Gasteiger partial charge >= 0.3 is 0 Å². The summed E-state index contributed by atoms with van der Waals surface area (Å²) in [7, 11) is 0. The van der Waals surface area contributed by atoms with E-state index in [9.17, 15) is 0 Å². The van der Waals surface area contributed by atoms with Gasteiger partial charge in [-0.25, -0.2) is 0 Å². The van der Waals surface area contributed by atoms with Crippen molar-refractivity contribution in [1.29, 1.82) is 0 Å². The van der Waals surface area contributed by atoms with Crippen LogP contribution >= 0.6 is 23.2 Å². The molecular formula is C6H10Cl2N. The third kappa shape index (κ3) is 3.66. The van der Waals surface area contributed by atoms with E-state index in [-0.39, 0.29) is 0 Å². The van der Waals surface area contributed by atoms with Crippen LogP contribution in [0.2, 0.25) is 0 Å². The molecule has 2 N–H and O–H groups in total. The lowest BCUT2D eigenvalue weighted by atomic mass is 10.3. The highest BCUT2D eigenvalue weighted by atomic mass is 35.5. The third-order valence-corrected chi connectivity index (χ3v) is 1.55. The molecule has 0 unspecified atom stereocenters. The Morgan fingerprint density at radius 1 is 1.56 bits per heavy atom. The summed E-state index contributed by atoms with van der Waals surface area (Å²) in [6.07, 6.45) is 1.19. The average molecular weight is 167 g/mol. The van der Waals surface area contributed by atoms with E-state index in [0.717, 1.165) is 0 Å². The van der Waals surface area contributed by atoms with Crippen LogP contribution in [0.25, 0.3) is 0 Å². The van der Waals surface area contributed by atoms with E-state index in [2.05, 4.69) is 6.92 Å². The zero-order valence-electron chi connectivity index (χ0n) is 5.16. The van der Waals surface area contributed by atoms with Crippen LogP contribution in [0.5, 0.6) is 0 Å². The standard InChI is InChI=1S/C6H10Cl2N/c1-2-6(9)5(8)3-4-7/h1-4,9H2. The van der Waals surface area contributed by atoms with Gasteiger partial charge in [-0.3, -0.25) is 0 Å². The molecule has 0 atom stereocenters. The Bertz CT molecular complexity index is 110. The van der Waals surface area contributed by atoms with Crippen molar-refractivity contribution in [2.24, 2.45) is 5.73 Å². The molecule has 0 aromatic rings. The van der Waals surface area contributed by atoms with Crippen molar-refractivity contribution in [1.82, 2.24) is 0 Å². The van der Waals surface area contributed by atoms with Crippen molar-refractivity contribution in [3.05, 3.63) is 17.7 Å². The topological polar surface area (TPSA) is 26.0 Å². The van der Waals surface area contributed by atoms with Gasteiger partial charge in [0.25, 0.3) is 0 Å². The van der Waals surface area contributed by atoms with Gasteiger partial charge in [0.2, 0.25) is 0 Å². The maximum absolute atomic E-state index is 5.66. The Labute approximate surface area is 65.8 Å². The minimum absolute atomic E-state index is 0.513. The Morgan fingerprint density at radius 3 is 2.44 bits per heavy atom. The van der Waals surface area contributed by atoms with Crippen molar-refractivity contribution >= 4 is 23.2 Å². The summed E-state index contributed by atoms with van der Waals surface area (Å²) in [4.78, 5) is 0. The van der Waals surface area contributed by atoms with Crippen molar-refractivity contribution in [2.75, 3.05) is 5.88 Å². The summed E-state index contributed by atoms with van der Waals surface area (Å²) < 4.78 is 0. The second-order valence-corrected chi connectivity index (χ2v) is 2.45. The lowest BCUT2D eigenvalue weighted by molar-refractivity contribution is 1.08. The summed E-state index contributed by atoms with van der Waals surface area (Å²) in [5.74, 6) is 0.513. The van der Waals surface area contributed by atoms with Gasteiger partial charge in [-0.2, -0.15) is 0 Å². The van der Waals surface area contributed by atoms with Crippen LogP contribution in [0, 0.1) is 6.92 Å². The molecule has 53 valence electrons. The van der Waals surface area contributed by atoms with Crippen LogP contribution in [0.15, 0.2) is 10.7 Å². The average Bonchev–Trinajstić information content (AvgIpc) is 1.87. The molecule has 0 aliphatic carbocycles. The van der Waals surface area contributed by atoms with E-state index >= 15 is 0 Å². The molecule has 0 saturated heterocycles. The number of hydrogen-bond donors (Lipinski definition) is 1. The second kappa shape index (κ2) is 4.95. The van der Waals surface area contributed by atoms with Crippen LogP contribution < -0.4 is 5.73 Å². The molecule has 0 heterocycles. The predicted molar refractivity (Wildman–Crippen MR) is 42.4 cm³/mol. The minimum atomic E-state index is 0.513. The van der Waals surface area contributed by atoms with E-state index < -0.39 is 0 Å². The van der Waals surface area contributed by atoms with Crippen molar-refractivity contribution in [3.63, 3.8) is 0 Å². The van der Waals surface area contributed by atoms with Gasteiger partial charge in [-0.15, -0.1) is 11.6 Å². The summed E-state index contributed by atoms with van der Waals surface area (Å²) in [6, 6.07) is 0. The van der Waals surface area contributed by atoms with Gasteiger partial charge in [0, 0.05) is 16.6 Å². The molecule has 0 aliphatic heterocycles. The number of halogens is 2. The summed E-state index contributed by atoms with van der Waals surface area (Å²) in [5.41, 5.74) is 6.07. The summed E-state index contributed by atoms with van der Waals surface area (Å²) >= 11 is 11.1. The van der Waals surface area contributed by atoms with Crippen LogP contribution in [0.1, 0.15) is 12.8 Å². The number of alkyl halides is 1. The van der Waals surface area contributed by atoms with Crippen molar-refractivity contribution in [2.45, 2.75) is 12.8 Å². The van der Waals surface area contributed by atoms with E-state index in [1.165, 1.54) is 0 Å². The van der Waals surface area contributed by atoms with E-state index in [4.69, 9.17) is 28.9 Å². The Hall–Kier alpha value is 0.120. The van der Waals surface area contributed by atoms with Gasteiger partial charge in [0.05, 0.1) is 0 Å². The van der Waals surface area contributed by atoms with E-state index in [0.29, 0.717) is 29.5 Å². The molecule has 0 rings (SSSR count). The SMILES string of the molecule is [CH2]CC(N)=C(Cl)CCCl. The van der Waals surface area contributed by atoms with Gasteiger partial charge in [-0.1, -0.05) is 11.6 Å². The molecule has 0 aliphatic rings. The lowest BCUT2D eigenvalue weighted by Crippen LogP contribution is -1.98. The fraction of sp³-hybridized carbons (Fsp3) is 0.500. The van der Waals surface area contributed by atoms with Crippen LogP contribution in [-0.4, -0.2) is 5.88 Å². The molecule has 1 nitrogen and oxygen atoms in total. The smallest absolute Gasteiger partial charge is 0.0379 e. The number of hydrogen-bond acceptors (Lipinski definition) is 1. The van der Waals surface area contributed by atoms with E-state index in [1.807, 2.05) is 0 Å². The molecule has 0 saturated carbocycles. The maximum Gasteiger partial charge on any atom is 0.0379 e. The summed E-state index contributed by atoms with van der Waals surface area (Å²) in [5, 5.41) is 0.639. The molecule has 3 heteroatoms. The van der Waals surface area contributed by atoms with E-state index in [1.54, 1.807) is 0 Å². The van der Waals surface area contributed by atoms with Crippen LogP contribution in [-0.2, 0) is 0 Å². The fourth-order valence-electron chi connectivity index (χ4n) is 0.379. The quantitative estimate of drug-likeness (QED) is 0.641. The normalized spacial score (nSPS) is 13.2. The molecular weight excluding hydrogens is 157 g/mol. The monoisotopic (exact) mass is 166 g/mol. The van der Waals surface area contributed by atoms with Crippen LogP contribution in [0.3, 0.4) is 0 Å². The Morgan fingerprint density at radius 2 is 2.11 bits per heavy atom. The van der Waals surface area contributed by atoms with Crippen LogP contribution in [0.4, 0.5) is 0 Å². The fourth-order valence-corrected chi connectivity index (χ4v) is 0.854. The molecule has 0 fully saturated rings. The molecule has 0 spiro atoms. The predicted octanol–water partition coefficient (Wildman–Crippen LogP) is 2.25. The highest BCUT2D eigenvalue weighted by Gasteiger charge is 1.95. The van der Waals surface area contributed by atoms with Gasteiger partial charge < -0.3 is 5.73 Å². The first-order valence-corrected chi connectivity index (χ1v) is 3.61. The molecule has 0 bridgehead atoms. The zero-order valence-corrected chi connectivity index (χ0v) is 6.67. The van der Waals surface area contributed by atoms with Gasteiger partial charge in [0.15, 0.2) is 0 Å². The number of nitrogens with two attached hydrogens (primary N) is 1. The first-order chi connectivity index (χ1) is 4.22. The maximum atomic E-state index is 5.66. The third-order valence-electron chi connectivity index (χ3n) is 0.932. The number of allylic oxidation sites excluding steroid dienone is 2. The lowest BCUT2D eigenvalue weighted by Gasteiger charge is -1.98. The zero-order chi connectivity index (χ0) is 7.28. The van der Waals surface area contributed by atoms with Gasteiger partial charge in [-0.05, 0) is 19.8 Å². The first kappa shape index (κ1) is 9.12. The minimum Gasteiger partial charge on any atom is -0.401 e. The Balaban J connectivity index is 3.78. The molecule has 0 aromatic carbocycles. The summed E-state index contributed by atoms with van der Waals surface area (Å²) in [6.45, 7) is 3.58. The molecule has 9 heavy (non-hydrogen) atoms. The number of rotatable bonds is 3. The molecule has 0 amide bonds.